The molecule has 172 valence electrons. The molecule has 1 aliphatic heterocycles. The van der Waals surface area contributed by atoms with Crippen molar-refractivity contribution in [2.45, 2.75) is 19.9 Å². The van der Waals surface area contributed by atoms with Crippen LogP contribution in [-0.2, 0) is 9.59 Å². The van der Waals surface area contributed by atoms with E-state index in [0.717, 1.165) is 4.70 Å². The lowest BCUT2D eigenvalue weighted by atomic mass is 9.95. The van der Waals surface area contributed by atoms with Gasteiger partial charge in [-0.25, -0.2) is 4.98 Å². The molecule has 1 unspecified atom stereocenters. The smallest absolute Gasteiger partial charge is 0.301 e. The molecule has 1 aliphatic rings. The lowest BCUT2D eigenvalue weighted by Gasteiger charge is -2.23. The number of ketones is 1. The summed E-state index contributed by atoms with van der Waals surface area (Å²) in [6.07, 6.45) is 0. The van der Waals surface area contributed by atoms with Crippen LogP contribution in [0.3, 0.4) is 0 Å². The standard InChI is InChI=1S/C25H19ClN2O5S/c1-12-11-16(13(2)33-12)22(29)19-21(14-7-9-15(32-3)10-8-14)28(24(31)23(19)30)25-27-20-17(26)5-4-6-18(20)34-25/h4-11,21,29H,1-3H3. The monoisotopic (exact) mass is 494 g/mol. The van der Waals surface area contributed by atoms with Gasteiger partial charge in [-0.15, -0.1) is 0 Å². The molecule has 5 rings (SSSR count). The molecule has 9 heteroatoms. The number of carbonyl (C=O) groups is 2. The molecule has 7 nitrogen and oxygen atoms in total. The number of Topliss-reactive ketones (excluding diaryl/α,β-unsaturated/α-hetero) is 1. The Hall–Kier alpha value is -3.62. The minimum Gasteiger partial charge on any atom is -0.507 e. The highest BCUT2D eigenvalue weighted by molar-refractivity contribution is 7.22. The minimum atomic E-state index is -0.903. The molecule has 4 aromatic rings. The summed E-state index contributed by atoms with van der Waals surface area (Å²) in [5, 5.41) is 12.0. The number of benzene rings is 2. The van der Waals surface area contributed by atoms with Gasteiger partial charge in [-0.3, -0.25) is 14.5 Å². The van der Waals surface area contributed by atoms with Crippen LogP contribution in [0.25, 0.3) is 16.0 Å². The Morgan fingerprint density at radius 3 is 2.53 bits per heavy atom. The summed E-state index contributed by atoms with van der Waals surface area (Å²) >= 11 is 7.56. The van der Waals surface area contributed by atoms with Crippen LogP contribution in [0.2, 0.25) is 5.02 Å². The van der Waals surface area contributed by atoms with Gasteiger partial charge in [-0.1, -0.05) is 41.1 Å². The van der Waals surface area contributed by atoms with Crippen LogP contribution in [0.1, 0.15) is 28.7 Å². The Labute approximate surface area is 203 Å². The summed E-state index contributed by atoms with van der Waals surface area (Å²) < 4.78 is 11.6. The molecule has 0 spiro atoms. The number of carbonyl (C=O) groups excluding carboxylic acids is 2. The molecule has 2 aromatic heterocycles. The van der Waals surface area contributed by atoms with Gasteiger partial charge in [0, 0.05) is 0 Å². The summed E-state index contributed by atoms with van der Waals surface area (Å²) in [6, 6.07) is 13.1. The number of aliphatic hydroxyl groups is 1. The van der Waals surface area contributed by atoms with E-state index in [1.165, 1.54) is 16.2 Å². The third kappa shape index (κ3) is 3.46. The van der Waals surface area contributed by atoms with E-state index in [4.69, 9.17) is 20.8 Å². The van der Waals surface area contributed by atoms with Crippen molar-refractivity contribution >= 4 is 55.7 Å². The van der Waals surface area contributed by atoms with Crippen molar-refractivity contribution in [3.05, 3.63) is 81.8 Å². The minimum absolute atomic E-state index is 0.0376. The molecular weight excluding hydrogens is 476 g/mol. The van der Waals surface area contributed by atoms with Gasteiger partial charge in [0.25, 0.3) is 5.78 Å². The first-order valence-corrected chi connectivity index (χ1v) is 11.6. The maximum Gasteiger partial charge on any atom is 0.301 e. The zero-order chi connectivity index (χ0) is 24.1. The Morgan fingerprint density at radius 1 is 1.18 bits per heavy atom. The van der Waals surface area contributed by atoms with Crippen molar-refractivity contribution in [3.8, 4) is 5.75 Å². The maximum absolute atomic E-state index is 13.3. The number of methoxy groups -OCH3 is 1. The van der Waals surface area contributed by atoms with E-state index in [0.29, 0.717) is 44.1 Å². The molecule has 0 aliphatic carbocycles. The molecule has 1 N–H and O–H groups in total. The average molecular weight is 495 g/mol. The zero-order valence-corrected chi connectivity index (χ0v) is 20.0. The predicted molar refractivity (Wildman–Crippen MR) is 131 cm³/mol. The number of hydrogen-bond donors (Lipinski definition) is 1. The second kappa shape index (κ2) is 8.30. The first-order chi connectivity index (χ1) is 16.3. The van der Waals surface area contributed by atoms with E-state index in [2.05, 4.69) is 4.98 Å². The third-order valence-corrected chi connectivity index (χ3v) is 7.06. The third-order valence-electron chi connectivity index (χ3n) is 5.74. The van der Waals surface area contributed by atoms with Crippen LogP contribution in [0.15, 0.2) is 58.5 Å². The second-order valence-corrected chi connectivity index (χ2v) is 9.27. The highest BCUT2D eigenvalue weighted by atomic mass is 35.5. The summed E-state index contributed by atoms with van der Waals surface area (Å²) in [6.45, 7) is 3.43. The van der Waals surface area contributed by atoms with E-state index in [1.54, 1.807) is 63.4 Å². The molecule has 1 saturated heterocycles. The van der Waals surface area contributed by atoms with E-state index in [-0.39, 0.29) is 11.3 Å². The fourth-order valence-electron chi connectivity index (χ4n) is 4.15. The van der Waals surface area contributed by atoms with Crippen LogP contribution < -0.4 is 9.64 Å². The number of halogens is 1. The van der Waals surface area contributed by atoms with Gasteiger partial charge in [-0.05, 0) is 49.7 Å². The first kappa shape index (κ1) is 22.2. The number of rotatable bonds is 4. The fourth-order valence-corrected chi connectivity index (χ4v) is 5.44. The highest BCUT2D eigenvalue weighted by Gasteiger charge is 2.48. The molecule has 34 heavy (non-hydrogen) atoms. The number of hydrogen-bond acceptors (Lipinski definition) is 7. The van der Waals surface area contributed by atoms with E-state index in [1.807, 2.05) is 6.07 Å². The van der Waals surface area contributed by atoms with Gasteiger partial charge in [0.15, 0.2) is 5.13 Å². The summed E-state index contributed by atoms with van der Waals surface area (Å²) in [7, 11) is 1.55. The fraction of sp³-hybridized carbons (Fsp3) is 0.160. The Kier molecular flexibility index (Phi) is 5.42. The van der Waals surface area contributed by atoms with Crippen molar-refractivity contribution in [1.82, 2.24) is 4.98 Å². The summed E-state index contributed by atoms with van der Waals surface area (Å²) in [5.41, 5.74) is 1.48. The summed E-state index contributed by atoms with van der Waals surface area (Å²) in [5.74, 6) is -0.238. The number of para-hydroxylation sites is 1. The number of ether oxygens (including phenoxy) is 1. The normalized spacial score (nSPS) is 17.6. The van der Waals surface area contributed by atoms with Gasteiger partial charge in [0.1, 0.15) is 28.5 Å². The SMILES string of the molecule is COc1ccc(C2C(=C(O)c3cc(C)oc3C)C(=O)C(=O)N2c2nc3c(Cl)cccc3s2)cc1. The van der Waals surface area contributed by atoms with Gasteiger partial charge >= 0.3 is 5.91 Å². The lowest BCUT2D eigenvalue weighted by molar-refractivity contribution is -0.132. The molecule has 0 saturated carbocycles. The van der Waals surface area contributed by atoms with Crippen molar-refractivity contribution < 1.29 is 23.8 Å². The first-order valence-electron chi connectivity index (χ1n) is 10.4. The maximum atomic E-state index is 13.3. The molecule has 0 bridgehead atoms. The van der Waals surface area contributed by atoms with Crippen LogP contribution in [0, 0.1) is 13.8 Å². The Balaban J connectivity index is 1.75. The second-order valence-electron chi connectivity index (χ2n) is 7.85. The predicted octanol–water partition coefficient (Wildman–Crippen LogP) is 5.79. The van der Waals surface area contributed by atoms with Crippen LogP contribution >= 0.6 is 22.9 Å². The van der Waals surface area contributed by atoms with Crippen molar-refractivity contribution in [2.75, 3.05) is 12.0 Å². The molecule has 1 fully saturated rings. The summed E-state index contributed by atoms with van der Waals surface area (Å²) in [4.78, 5) is 32.5. The quantitative estimate of drug-likeness (QED) is 0.219. The molecular formula is C25H19ClN2O5S. The van der Waals surface area contributed by atoms with Crippen molar-refractivity contribution in [1.29, 1.82) is 0 Å². The number of aliphatic hydroxyl groups excluding tert-OH is 1. The number of thiazole rings is 1. The van der Waals surface area contributed by atoms with Crippen molar-refractivity contribution in [3.63, 3.8) is 0 Å². The van der Waals surface area contributed by atoms with Crippen LogP contribution in [0.4, 0.5) is 5.13 Å². The number of aromatic nitrogens is 1. The molecule has 1 amide bonds. The largest absolute Gasteiger partial charge is 0.507 e. The van der Waals surface area contributed by atoms with E-state index < -0.39 is 17.7 Å². The van der Waals surface area contributed by atoms with Crippen LogP contribution in [0.5, 0.6) is 5.75 Å². The topological polar surface area (TPSA) is 92.9 Å². The average Bonchev–Trinajstić information content (AvgIpc) is 3.48. The number of furan rings is 1. The number of aryl methyl sites for hydroxylation is 2. The molecule has 1 atom stereocenters. The zero-order valence-electron chi connectivity index (χ0n) is 18.5. The molecule has 0 radical (unpaired) electrons. The van der Waals surface area contributed by atoms with E-state index >= 15 is 0 Å². The highest BCUT2D eigenvalue weighted by Crippen LogP contribution is 2.45. The number of amides is 1. The number of anilines is 1. The Morgan fingerprint density at radius 2 is 1.91 bits per heavy atom. The van der Waals surface area contributed by atoms with Crippen LogP contribution in [-0.4, -0.2) is 28.9 Å². The number of nitrogens with zero attached hydrogens (tertiary/aromatic N) is 2. The van der Waals surface area contributed by atoms with Gasteiger partial charge in [0.2, 0.25) is 0 Å². The van der Waals surface area contributed by atoms with Gasteiger partial charge in [0.05, 0.1) is 34.0 Å². The van der Waals surface area contributed by atoms with Gasteiger partial charge in [-0.2, -0.15) is 0 Å². The van der Waals surface area contributed by atoms with Crippen molar-refractivity contribution in [2.24, 2.45) is 0 Å². The lowest BCUT2D eigenvalue weighted by Crippen LogP contribution is -2.29. The number of fused-ring (bicyclic) bond motifs is 1. The van der Waals surface area contributed by atoms with E-state index in [9.17, 15) is 14.7 Å². The molecule has 3 heterocycles. The molecule has 2 aromatic carbocycles. The Bertz CT molecular complexity index is 1480. The van der Waals surface area contributed by atoms with Gasteiger partial charge < -0.3 is 14.3 Å².